The normalized spacial score (nSPS) is 15.4. The summed E-state index contributed by atoms with van der Waals surface area (Å²) in [4.78, 5) is 16.1. The van der Waals surface area contributed by atoms with Crippen molar-refractivity contribution in [3.8, 4) is 0 Å². The van der Waals surface area contributed by atoms with Crippen LogP contribution in [-0.2, 0) is 4.74 Å². The first-order chi connectivity index (χ1) is 12.3. The van der Waals surface area contributed by atoms with Crippen molar-refractivity contribution in [2.75, 3.05) is 39.4 Å². The summed E-state index contributed by atoms with van der Waals surface area (Å²) in [6.07, 6.45) is -0.343. The number of hydrogen-bond donors (Lipinski definition) is 1. The predicted molar refractivity (Wildman–Crippen MR) is 96.3 cm³/mol. The van der Waals surface area contributed by atoms with Crippen LogP contribution in [0.1, 0.15) is 17.2 Å². The van der Waals surface area contributed by atoms with Crippen molar-refractivity contribution in [2.24, 2.45) is 0 Å². The lowest BCUT2D eigenvalue weighted by molar-refractivity contribution is 0.0584. The van der Waals surface area contributed by atoms with Gasteiger partial charge in [-0.15, -0.1) is 0 Å². The average molecular weight is 340 g/mol. The smallest absolute Gasteiger partial charge is 0.409 e. The predicted octanol–water partition coefficient (Wildman–Crippen LogP) is 2.52. The molecule has 0 bridgehead atoms. The van der Waals surface area contributed by atoms with Gasteiger partial charge in [0.1, 0.15) is 6.61 Å². The number of aliphatic hydroxyl groups excluding tert-OH is 1. The number of aliphatic hydroxyl groups is 1. The summed E-state index contributed by atoms with van der Waals surface area (Å²) in [7, 11) is 0. The number of carbonyl (C=O) groups excluding carboxylic acids is 1. The molecule has 1 amide bonds. The Kier molecular flexibility index (Phi) is 6.04. The summed E-state index contributed by atoms with van der Waals surface area (Å²) in [6.45, 7) is 2.72. The van der Waals surface area contributed by atoms with Crippen LogP contribution in [0.25, 0.3) is 0 Å². The number of hydrogen-bond acceptors (Lipinski definition) is 4. The van der Waals surface area contributed by atoms with Gasteiger partial charge in [0.15, 0.2) is 0 Å². The van der Waals surface area contributed by atoms with Crippen molar-refractivity contribution in [1.82, 2.24) is 9.80 Å². The fraction of sp³-hybridized carbons (Fsp3) is 0.350. The molecule has 0 unspecified atom stereocenters. The molecule has 5 nitrogen and oxygen atoms in total. The van der Waals surface area contributed by atoms with E-state index in [9.17, 15) is 4.79 Å². The second-order valence-electron chi connectivity index (χ2n) is 6.08. The lowest BCUT2D eigenvalue weighted by Crippen LogP contribution is -2.50. The Bertz CT molecular complexity index is 616. The van der Waals surface area contributed by atoms with Crippen LogP contribution in [0, 0.1) is 0 Å². The molecule has 0 atom stereocenters. The molecule has 1 aliphatic heterocycles. The Balaban J connectivity index is 1.72. The standard InChI is InChI=1S/C20H24N2O3/c23-15-16-25-20(24)22-13-11-21(12-14-22)19(17-7-3-1-4-8-17)18-9-5-2-6-10-18/h1-10,19,23H,11-16H2. The van der Waals surface area contributed by atoms with E-state index in [-0.39, 0.29) is 25.3 Å². The van der Waals surface area contributed by atoms with Gasteiger partial charge in [-0.3, -0.25) is 4.90 Å². The third-order valence-corrected chi connectivity index (χ3v) is 4.49. The van der Waals surface area contributed by atoms with Gasteiger partial charge in [-0.05, 0) is 11.1 Å². The van der Waals surface area contributed by atoms with E-state index < -0.39 is 0 Å². The lowest BCUT2D eigenvalue weighted by atomic mass is 9.96. The lowest BCUT2D eigenvalue weighted by Gasteiger charge is -2.39. The van der Waals surface area contributed by atoms with Crippen LogP contribution in [0.2, 0.25) is 0 Å². The fourth-order valence-corrected chi connectivity index (χ4v) is 3.27. The molecule has 0 saturated carbocycles. The summed E-state index contributed by atoms with van der Waals surface area (Å²) in [5.41, 5.74) is 2.51. The molecule has 5 heteroatoms. The van der Waals surface area contributed by atoms with Crippen LogP contribution >= 0.6 is 0 Å². The minimum Gasteiger partial charge on any atom is -0.447 e. The number of nitrogens with zero attached hydrogens (tertiary/aromatic N) is 2. The van der Waals surface area contributed by atoms with E-state index in [1.54, 1.807) is 4.90 Å². The third-order valence-electron chi connectivity index (χ3n) is 4.49. The van der Waals surface area contributed by atoms with E-state index in [0.29, 0.717) is 13.1 Å². The van der Waals surface area contributed by atoms with Gasteiger partial charge in [0.25, 0.3) is 0 Å². The first-order valence-corrected chi connectivity index (χ1v) is 8.66. The molecule has 0 aliphatic carbocycles. The highest BCUT2D eigenvalue weighted by atomic mass is 16.6. The molecule has 2 aromatic rings. The van der Waals surface area contributed by atoms with Crippen LogP contribution in [0.15, 0.2) is 60.7 Å². The molecular weight excluding hydrogens is 316 g/mol. The summed E-state index contributed by atoms with van der Waals surface area (Å²) >= 11 is 0. The minimum absolute atomic E-state index is 0.0513. The first kappa shape index (κ1) is 17.5. The zero-order valence-corrected chi connectivity index (χ0v) is 14.3. The highest BCUT2D eigenvalue weighted by molar-refractivity contribution is 5.67. The number of carbonyl (C=O) groups is 1. The molecule has 132 valence electrons. The van der Waals surface area contributed by atoms with Crippen LogP contribution in [0.3, 0.4) is 0 Å². The summed E-state index contributed by atoms with van der Waals surface area (Å²) in [6, 6.07) is 21.1. The number of ether oxygens (including phenoxy) is 1. The maximum atomic E-state index is 11.9. The van der Waals surface area contributed by atoms with Gasteiger partial charge >= 0.3 is 6.09 Å². The first-order valence-electron chi connectivity index (χ1n) is 8.66. The Hall–Kier alpha value is -2.37. The molecule has 0 aromatic heterocycles. The molecular formula is C20H24N2O3. The maximum Gasteiger partial charge on any atom is 0.409 e. The highest BCUT2D eigenvalue weighted by Gasteiger charge is 2.28. The number of rotatable bonds is 5. The number of piperazine rings is 1. The van der Waals surface area contributed by atoms with Crippen molar-refractivity contribution in [3.05, 3.63) is 71.8 Å². The molecule has 3 rings (SSSR count). The van der Waals surface area contributed by atoms with Gasteiger partial charge in [0.2, 0.25) is 0 Å². The van der Waals surface area contributed by atoms with E-state index in [4.69, 9.17) is 9.84 Å². The molecule has 25 heavy (non-hydrogen) atoms. The Labute approximate surface area is 148 Å². The van der Waals surface area contributed by atoms with Crippen molar-refractivity contribution in [3.63, 3.8) is 0 Å². The van der Waals surface area contributed by atoms with Crippen LogP contribution < -0.4 is 0 Å². The average Bonchev–Trinajstić information content (AvgIpc) is 2.68. The summed E-state index contributed by atoms with van der Waals surface area (Å²) < 4.78 is 5.01. The van der Waals surface area contributed by atoms with Gasteiger partial charge < -0.3 is 14.7 Å². The van der Waals surface area contributed by atoms with Gasteiger partial charge in [-0.25, -0.2) is 4.79 Å². The van der Waals surface area contributed by atoms with Crippen molar-refractivity contribution in [2.45, 2.75) is 6.04 Å². The van der Waals surface area contributed by atoms with Crippen LogP contribution in [0.5, 0.6) is 0 Å². The molecule has 1 fully saturated rings. The van der Waals surface area contributed by atoms with E-state index in [1.165, 1.54) is 11.1 Å². The van der Waals surface area contributed by atoms with Gasteiger partial charge in [0, 0.05) is 26.2 Å². The van der Waals surface area contributed by atoms with Crippen molar-refractivity contribution >= 4 is 6.09 Å². The summed E-state index contributed by atoms with van der Waals surface area (Å²) in [5.74, 6) is 0. The second kappa shape index (κ2) is 8.65. The monoisotopic (exact) mass is 340 g/mol. The zero-order valence-electron chi connectivity index (χ0n) is 14.3. The fourth-order valence-electron chi connectivity index (χ4n) is 3.27. The molecule has 2 aromatic carbocycles. The minimum atomic E-state index is -0.343. The van der Waals surface area contributed by atoms with Crippen LogP contribution in [-0.4, -0.2) is 60.4 Å². The molecule has 1 aliphatic rings. The van der Waals surface area contributed by atoms with E-state index in [1.807, 2.05) is 12.1 Å². The highest BCUT2D eigenvalue weighted by Crippen LogP contribution is 2.29. The quantitative estimate of drug-likeness (QED) is 0.909. The molecule has 0 spiro atoms. The topological polar surface area (TPSA) is 53.0 Å². The maximum absolute atomic E-state index is 11.9. The largest absolute Gasteiger partial charge is 0.447 e. The van der Waals surface area contributed by atoms with Crippen molar-refractivity contribution in [1.29, 1.82) is 0 Å². The Morgan fingerprint density at radius 1 is 0.920 bits per heavy atom. The number of amides is 1. The van der Waals surface area contributed by atoms with Gasteiger partial charge in [-0.2, -0.15) is 0 Å². The zero-order chi connectivity index (χ0) is 17.5. The van der Waals surface area contributed by atoms with E-state index in [2.05, 4.69) is 53.4 Å². The Morgan fingerprint density at radius 2 is 1.44 bits per heavy atom. The van der Waals surface area contributed by atoms with E-state index in [0.717, 1.165) is 13.1 Å². The van der Waals surface area contributed by atoms with Gasteiger partial charge in [0.05, 0.1) is 12.6 Å². The molecule has 1 saturated heterocycles. The Morgan fingerprint density at radius 3 is 1.92 bits per heavy atom. The second-order valence-corrected chi connectivity index (χ2v) is 6.08. The molecule has 1 N–H and O–H groups in total. The summed E-state index contributed by atoms with van der Waals surface area (Å²) in [5, 5.41) is 8.78. The van der Waals surface area contributed by atoms with E-state index >= 15 is 0 Å². The van der Waals surface area contributed by atoms with Crippen molar-refractivity contribution < 1.29 is 14.6 Å². The molecule has 1 heterocycles. The molecule has 0 radical (unpaired) electrons. The SMILES string of the molecule is O=C(OCCO)N1CCN(C(c2ccccc2)c2ccccc2)CC1. The number of benzene rings is 2. The third kappa shape index (κ3) is 4.38. The van der Waals surface area contributed by atoms with Gasteiger partial charge in [-0.1, -0.05) is 60.7 Å². The van der Waals surface area contributed by atoms with Crippen LogP contribution in [0.4, 0.5) is 4.79 Å².